The highest BCUT2D eigenvalue weighted by Crippen LogP contribution is 2.30. The third kappa shape index (κ3) is 3.92. The van der Waals surface area contributed by atoms with Crippen LogP contribution in [-0.4, -0.2) is 21.8 Å². The van der Waals surface area contributed by atoms with E-state index < -0.39 is 0 Å². The van der Waals surface area contributed by atoms with Gasteiger partial charge in [-0.1, -0.05) is 32.3 Å². The first-order valence-corrected chi connectivity index (χ1v) is 8.85. The number of imidazole rings is 1. The third-order valence-corrected chi connectivity index (χ3v) is 5.20. The minimum absolute atomic E-state index is 0.0867. The van der Waals surface area contributed by atoms with E-state index in [0.717, 1.165) is 29.4 Å². The quantitative estimate of drug-likeness (QED) is 0.918. The summed E-state index contributed by atoms with van der Waals surface area (Å²) in [5.41, 5.74) is 2.91. The smallest absolute Gasteiger partial charge is 0.226 e. The maximum Gasteiger partial charge on any atom is 0.226 e. The van der Waals surface area contributed by atoms with Crippen molar-refractivity contribution in [2.75, 3.05) is 6.54 Å². The number of rotatable bonds is 5. The van der Waals surface area contributed by atoms with E-state index >= 15 is 0 Å². The Morgan fingerprint density at radius 2 is 2.04 bits per heavy atom. The number of fused-ring (bicyclic) bond motifs is 1. The van der Waals surface area contributed by atoms with Gasteiger partial charge in [-0.2, -0.15) is 0 Å². The molecular weight excluding hydrogens is 286 g/mol. The first-order valence-electron chi connectivity index (χ1n) is 8.85. The molecule has 124 valence electrons. The Bertz CT molecular complexity index is 668. The summed E-state index contributed by atoms with van der Waals surface area (Å²) in [6.45, 7) is 5.14. The van der Waals surface area contributed by atoms with Gasteiger partial charge in [-0.05, 0) is 43.2 Å². The molecule has 23 heavy (non-hydrogen) atoms. The monoisotopic (exact) mass is 313 g/mol. The molecule has 1 aliphatic rings. The summed E-state index contributed by atoms with van der Waals surface area (Å²) < 4.78 is 1.99. The molecule has 0 atom stereocenters. The number of carbonyl (C=O) groups excluding carboxylic acids is 1. The highest BCUT2D eigenvalue weighted by atomic mass is 16.1. The second-order valence-electron chi connectivity index (χ2n) is 6.93. The summed E-state index contributed by atoms with van der Waals surface area (Å²) in [5.74, 6) is 1.65. The molecule has 1 saturated carbocycles. The lowest BCUT2D eigenvalue weighted by Gasteiger charge is -2.27. The Morgan fingerprint density at radius 1 is 1.30 bits per heavy atom. The molecule has 0 aliphatic heterocycles. The molecule has 0 spiro atoms. The zero-order valence-corrected chi connectivity index (χ0v) is 14.2. The number of hydrogen-bond acceptors (Lipinski definition) is 2. The number of carbonyl (C=O) groups is 1. The molecule has 0 saturated heterocycles. The predicted octanol–water partition coefficient (Wildman–Crippen LogP) is 3.52. The zero-order chi connectivity index (χ0) is 16.2. The van der Waals surface area contributed by atoms with E-state index in [-0.39, 0.29) is 5.91 Å². The molecule has 0 aromatic carbocycles. The van der Waals surface area contributed by atoms with Gasteiger partial charge in [-0.25, -0.2) is 4.98 Å². The molecular formula is C19H27N3O. The lowest BCUT2D eigenvalue weighted by molar-refractivity contribution is -0.120. The summed E-state index contributed by atoms with van der Waals surface area (Å²) in [6.07, 6.45) is 10.7. The molecule has 0 unspecified atom stereocenters. The van der Waals surface area contributed by atoms with Crippen LogP contribution in [0.3, 0.4) is 0 Å². The first-order chi connectivity index (χ1) is 11.2. The number of nitrogens with one attached hydrogen (secondary N) is 1. The van der Waals surface area contributed by atoms with Crippen LogP contribution in [0.5, 0.6) is 0 Å². The van der Waals surface area contributed by atoms with Crippen LogP contribution < -0.4 is 5.32 Å². The van der Waals surface area contributed by atoms with Gasteiger partial charge >= 0.3 is 0 Å². The Hall–Kier alpha value is -1.84. The van der Waals surface area contributed by atoms with Gasteiger partial charge in [0.15, 0.2) is 0 Å². The van der Waals surface area contributed by atoms with Gasteiger partial charge in [0.1, 0.15) is 5.65 Å². The van der Waals surface area contributed by atoms with Gasteiger partial charge in [0.2, 0.25) is 5.91 Å². The average molecular weight is 313 g/mol. The van der Waals surface area contributed by atoms with Crippen molar-refractivity contribution in [2.24, 2.45) is 11.8 Å². The number of aromatic nitrogens is 2. The normalized spacial score (nSPS) is 21.5. The van der Waals surface area contributed by atoms with E-state index in [1.165, 1.54) is 32.1 Å². The Morgan fingerprint density at radius 3 is 2.74 bits per heavy atom. The fraction of sp³-hybridized carbons (Fsp3) is 0.579. The number of pyridine rings is 1. The van der Waals surface area contributed by atoms with Crippen molar-refractivity contribution in [3.63, 3.8) is 0 Å². The molecule has 2 heterocycles. The molecule has 4 nitrogen and oxygen atoms in total. The van der Waals surface area contributed by atoms with Crippen LogP contribution in [-0.2, 0) is 11.2 Å². The minimum atomic E-state index is 0.0867. The lowest BCUT2D eigenvalue weighted by Crippen LogP contribution is -2.32. The largest absolute Gasteiger partial charge is 0.355 e. The van der Waals surface area contributed by atoms with Crippen molar-refractivity contribution < 1.29 is 4.79 Å². The minimum Gasteiger partial charge on any atom is -0.355 e. The highest BCUT2D eigenvalue weighted by molar-refractivity contribution is 5.78. The number of amides is 1. The van der Waals surface area contributed by atoms with Crippen molar-refractivity contribution in [1.29, 1.82) is 0 Å². The van der Waals surface area contributed by atoms with Crippen molar-refractivity contribution in [3.8, 4) is 0 Å². The van der Waals surface area contributed by atoms with Crippen molar-refractivity contribution in [1.82, 2.24) is 14.7 Å². The van der Waals surface area contributed by atoms with E-state index in [1.54, 1.807) is 0 Å². The molecule has 1 amide bonds. The molecule has 1 fully saturated rings. The van der Waals surface area contributed by atoms with Gasteiger partial charge in [0, 0.05) is 18.9 Å². The van der Waals surface area contributed by atoms with E-state index in [9.17, 15) is 4.79 Å². The Labute approximate surface area is 138 Å². The summed E-state index contributed by atoms with van der Waals surface area (Å²) in [7, 11) is 0. The van der Waals surface area contributed by atoms with Gasteiger partial charge in [0.25, 0.3) is 0 Å². The fourth-order valence-corrected chi connectivity index (χ4v) is 3.62. The SMILES string of the molecule is CCC1CCC(CNC(=O)Cc2cn3cccc(C)c3n2)CC1. The van der Waals surface area contributed by atoms with Gasteiger partial charge in [0.05, 0.1) is 12.1 Å². The zero-order valence-electron chi connectivity index (χ0n) is 14.2. The van der Waals surface area contributed by atoms with Gasteiger partial charge in [-0.15, -0.1) is 0 Å². The van der Waals surface area contributed by atoms with Gasteiger partial charge < -0.3 is 9.72 Å². The third-order valence-electron chi connectivity index (χ3n) is 5.20. The van der Waals surface area contributed by atoms with E-state index in [0.29, 0.717) is 12.3 Å². The second-order valence-corrected chi connectivity index (χ2v) is 6.93. The Kier molecular flexibility index (Phi) is 4.99. The van der Waals surface area contributed by atoms with E-state index in [2.05, 4.69) is 17.2 Å². The maximum absolute atomic E-state index is 12.2. The first kappa shape index (κ1) is 16.0. The number of aryl methyl sites for hydroxylation is 1. The van der Waals surface area contributed by atoms with Crippen LogP contribution in [0.4, 0.5) is 0 Å². The van der Waals surface area contributed by atoms with Crippen molar-refractivity contribution >= 4 is 11.6 Å². The lowest BCUT2D eigenvalue weighted by atomic mass is 9.81. The summed E-state index contributed by atoms with van der Waals surface area (Å²) in [5, 5.41) is 3.10. The van der Waals surface area contributed by atoms with Crippen LogP contribution in [0, 0.1) is 18.8 Å². The standard InChI is InChI=1S/C19H27N3O/c1-3-15-6-8-16(9-7-15)12-20-18(23)11-17-13-22-10-4-5-14(2)19(22)21-17/h4-5,10,13,15-16H,3,6-9,11-12H2,1-2H3,(H,20,23). The maximum atomic E-state index is 12.2. The molecule has 3 rings (SSSR count). The Balaban J connectivity index is 1.50. The average Bonchev–Trinajstić information content (AvgIpc) is 2.97. The molecule has 1 N–H and O–H groups in total. The molecule has 1 aliphatic carbocycles. The van der Waals surface area contributed by atoms with Crippen LogP contribution in [0.15, 0.2) is 24.5 Å². The molecule has 0 radical (unpaired) electrons. The summed E-state index contributed by atoms with van der Waals surface area (Å²) >= 11 is 0. The molecule has 0 bridgehead atoms. The molecule has 4 heteroatoms. The van der Waals surface area contributed by atoms with Crippen LogP contribution in [0.2, 0.25) is 0 Å². The van der Waals surface area contributed by atoms with E-state index in [1.807, 2.05) is 35.9 Å². The topological polar surface area (TPSA) is 46.4 Å². The molecule has 2 aromatic heterocycles. The van der Waals surface area contributed by atoms with Crippen LogP contribution in [0.1, 0.15) is 50.3 Å². The molecule has 2 aromatic rings. The van der Waals surface area contributed by atoms with Crippen molar-refractivity contribution in [2.45, 2.75) is 52.4 Å². The number of hydrogen-bond donors (Lipinski definition) is 1. The van der Waals surface area contributed by atoms with Gasteiger partial charge in [-0.3, -0.25) is 4.79 Å². The van der Waals surface area contributed by atoms with E-state index in [4.69, 9.17) is 0 Å². The summed E-state index contributed by atoms with van der Waals surface area (Å²) in [6, 6.07) is 4.04. The second kappa shape index (κ2) is 7.16. The fourth-order valence-electron chi connectivity index (χ4n) is 3.62. The van der Waals surface area contributed by atoms with Crippen molar-refractivity contribution in [3.05, 3.63) is 35.8 Å². The van der Waals surface area contributed by atoms with Crippen LogP contribution >= 0.6 is 0 Å². The number of nitrogens with zero attached hydrogens (tertiary/aromatic N) is 2. The highest BCUT2D eigenvalue weighted by Gasteiger charge is 2.20. The van der Waals surface area contributed by atoms with Crippen LogP contribution in [0.25, 0.3) is 5.65 Å². The summed E-state index contributed by atoms with van der Waals surface area (Å²) in [4.78, 5) is 16.7. The predicted molar refractivity (Wildman–Crippen MR) is 92.4 cm³/mol.